The highest BCUT2D eigenvalue weighted by Crippen LogP contribution is 2.26. The van der Waals surface area contributed by atoms with Crippen LogP contribution in [-0.2, 0) is 0 Å². The van der Waals surface area contributed by atoms with E-state index in [0.717, 1.165) is 0 Å². The topological polar surface area (TPSA) is 9.49 Å². The molecule has 0 aliphatic carbocycles. The van der Waals surface area contributed by atoms with Crippen molar-refractivity contribution in [3.8, 4) is 0 Å². The van der Waals surface area contributed by atoms with Gasteiger partial charge >= 0.3 is 0 Å². The third-order valence-corrected chi connectivity index (χ3v) is 3.93. The quantitative estimate of drug-likeness (QED) is 0.771. The van der Waals surface area contributed by atoms with E-state index in [0.29, 0.717) is 0 Å². The van der Waals surface area contributed by atoms with Gasteiger partial charge < -0.3 is 0 Å². The first-order chi connectivity index (χ1) is 9.68. The molecular formula is C17H20N3+. The number of rotatable bonds is 2. The Morgan fingerprint density at radius 1 is 0.950 bits per heavy atom. The van der Waals surface area contributed by atoms with Crippen LogP contribution in [0, 0.1) is 6.92 Å². The fraction of sp³-hybridized carbons (Fsp3) is 0.235. The van der Waals surface area contributed by atoms with Gasteiger partial charge in [0.05, 0.1) is 0 Å². The lowest BCUT2D eigenvalue weighted by molar-refractivity contribution is -0.490. The van der Waals surface area contributed by atoms with Crippen molar-refractivity contribution in [2.45, 2.75) is 20.0 Å². The average molecular weight is 266 g/mol. The molecule has 0 saturated carbocycles. The van der Waals surface area contributed by atoms with Gasteiger partial charge in [-0.25, -0.2) is 4.58 Å². The maximum atomic E-state index is 2.31. The van der Waals surface area contributed by atoms with Gasteiger partial charge in [0.1, 0.15) is 11.4 Å². The summed E-state index contributed by atoms with van der Waals surface area (Å²) in [6, 6.07) is 18.9. The summed E-state index contributed by atoms with van der Waals surface area (Å²) < 4.78 is 2.31. The largest absolute Gasteiger partial charge is 0.264 e. The molecule has 0 N–H and O–H groups in total. The van der Waals surface area contributed by atoms with Crippen molar-refractivity contribution < 1.29 is 4.58 Å². The van der Waals surface area contributed by atoms with Gasteiger partial charge in [0.25, 0.3) is 6.34 Å². The molecule has 1 aliphatic heterocycles. The molecule has 1 heterocycles. The van der Waals surface area contributed by atoms with Gasteiger partial charge in [-0.2, -0.15) is 0 Å². The Morgan fingerprint density at radius 2 is 1.60 bits per heavy atom. The smallest absolute Gasteiger partial charge is 0.213 e. The standard InChI is InChI=1S/C17H20N3/c1-14-9-7-8-12-17(14)19-13-20(18(3)15(19)2)16-10-5-4-6-11-16/h4-13,15H,1-3H3/q+1. The number of hydrogen-bond acceptors (Lipinski definition) is 2. The SMILES string of the molecule is Cc1ccccc1[N+]1=CN(c2ccccc2)N(C)C1C. The van der Waals surface area contributed by atoms with Crippen LogP contribution in [0.3, 0.4) is 0 Å². The third-order valence-electron chi connectivity index (χ3n) is 3.93. The molecule has 0 saturated heterocycles. The molecule has 0 amide bonds. The highest BCUT2D eigenvalue weighted by atomic mass is 15.7. The molecule has 3 nitrogen and oxygen atoms in total. The Balaban J connectivity index is 2.02. The summed E-state index contributed by atoms with van der Waals surface area (Å²) >= 11 is 0. The molecule has 2 aromatic rings. The maximum Gasteiger partial charge on any atom is 0.264 e. The van der Waals surface area contributed by atoms with E-state index >= 15 is 0 Å². The third kappa shape index (κ3) is 2.10. The molecule has 3 heteroatoms. The minimum atomic E-state index is 0.288. The minimum absolute atomic E-state index is 0.288. The minimum Gasteiger partial charge on any atom is -0.213 e. The van der Waals surface area contributed by atoms with Gasteiger partial charge in [-0.1, -0.05) is 36.4 Å². The van der Waals surface area contributed by atoms with Crippen molar-refractivity contribution >= 4 is 17.7 Å². The second kappa shape index (κ2) is 5.10. The van der Waals surface area contributed by atoms with Crippen LogP contribution < -0.4 is 5.01 Å². The highest BCUT2D eigenvalue weighted by Gasteiger charge is 2.35. The second-order valence-electron chi connectivity index (χ2n) is 5.19. The van der Waals surface area contributed by atoms with E-state index in [2.05, 4.69) is 90.4 Å². The van der Waals surface area contributed by atoms with Crippen LogP contribution in [0.25, 0.3) is 0 Å². The van der Waals surface area contributed by atoms with E-state index in [1.165, 1.54) is 16.9 Å². The number of benzene rings is 2. The molecule has 0 radical (unpaired) electrons. The van der Waals surface area contributed by atoms with Crippen LogP contribution in [0.5, 0.6) is 0 Å². The fourth-order valence-electron chi connectivity index (χ4n) is 2.60. The number of anilines is 1. The van der Waals surface area contributed by atoms with Crippen molar-refractivity contribution in [3.63, 3.8) is 0 Å². The predicted octanol–water partition coefficient (Wildman–Crippen LogP) is 3.38. The lowest BCUT2D eigenvalue weighted by Crippen LogP contribution is -2.39. The van der Waals surface area contributed by atoms with E-state index in [-0.39, 0.29) is 6.17 Å². The molecule has 1 unspecified atom stereocenters. The number of hydrazine groups is 1. The average Bonchev–Trinajstić information content (AvgIpc) is 2.77. The Bertz CT molecular complexity index is 634. The molecule has 102 valence electrons. The Labute approximate surface area is 120 Å². The van der Waals surface area contributed by atoms with Gasteiger partial charge in [-0.15, -0.1) is 10.0 Å². The van der Waals surface area contributed by atoms with E-state index in [4.69, 9.17) is 0 Å². The van der Waals surface area contributed by atoms with E-state index in [9.17, 15) is 0 Å². The molecule has 0 spiro atoms. The summed E-state index contributed by atoms with van der Waals surface area (Å²) in [5.41, 5.74) is 3.72. The predicted molar refractivity (Wildman–Crippen MR) is 83.3 cm³/mol. The van der Waals surface area contributed by atoms with Gasteiger partial charge in [-0.3, -0.25) is 0 Å². The Hall–Kier alpha value is -2.13. The molecule has 0 fully saturated rings. The number of para-hydroxylation sites is 2. The van der Waals surface area contributed by atoms with E-state index < -0.39 is 0 Å². The van der Waals surface area contributed by atoms with Gasteiger partial charge in [0.15, 0.2) is 6.17 Å². The summed E-state index contributed by atoms with van der Waals surface area (Å²) in [5, 5.41) is 4.43. The van der Waals surface area contributed by atoms with Crippen LogP contribution >= 0.6 is 0 Å². The maximum absolute atomic E-state index is 2.31. The molecule has 0 bridgehead atoms. The Kier molecular flexibility index (Phi) is 3.28. The van der Waals surface area contributed by atoms with E-state index in [1.54, 1.807) is 0 Å². The number of aryl methyl sites for hydroxylation is 1. The summed E-state index contributed by atoms with van der Waals surface area (Å²) in [6.07, 6.45) is 2.46. The van der Waals surface area contributed by atoms with Crippen LogP contribution in [0.4, 0.5) is 11.4 Å². The summed E-state index contributed by atoms with van der Waals surface area (Å²) in [7, 11) is 2.12. The van der Waals surface area contributed by atoms with Crippen molar-refractivity contribution in [2.24, 2.45) is 0 Å². The van der Waals surface area contributed by atoms with Gasteiger partial charge in [0, 0.05) is 7.05 Å². The Morgan fingerprint density at radius 3 is 2.30 bits per heavy atom. The molecule has 3 rings (SSSR count). The lowest BCUT2D eigenvalue weighted by atomic mass is 10.2. The summed E-state index contributed by atoms with van der Waals surface area (Å²) in [5.74, 6) is 0. The lowest BCUT2D eigenvalue weighted by Gasteiger charge is -2.19. The first-order valence-electron chi connectivity index (χ1n) is 6.94. The molecular weight excluding hydrogens is 246 g/mol. The van der Waals surface area contributed by atoms with Crippen LogP contribution in [0.2, 0.25) is 0 Å². The zero-order valence-electron chi connectivity index (χ0n) is 12.2. The monoisotopic (exact) mass is 266 g/mol. The van der Waals surface area contributed by atoms with Crippen LogP contribution in [0.1, 0.15) is 12.5 Å². The van der Waals surface area contributed by atoms with Crippen LogP contribution in [-0.4, -0.2) is 29.1 Å². The zero-order valence-corrected chi connectivity index (χ0v) is 12.2. The van der Waals surface area contributed by atoms with Crippen LogP contribution in [0.15, 0.2) is 54.6 Å². The van der Waals surface area contributed by atoms with Gasteiger partial charge in [-0.05, 0) is 37.6 Å². The molecule has 0 aromatic heterocycles. The van der Waals surface area contributed by atoms with Crippen molar-refractivity contribution in [2.75, 3.05) is 12.1 Å². The second-order valence-corrected chi connectivity index (χ2v) is 5.19. The first kappa shape index (κ1) is 12.9. The highest BCUT2D eigenvalue weighted by molar-refractivity contribution is 5.76. The first-order valence-corrected chi connectivity index (χ1v) is 6.94. The summed E-state index contributed by atoms with van der Waals surface area (Å²) in [6.45, 7) is 4.37. The zero-order chi connectivity index (χ0) is 14.1. The number of nitrogens with zero attached hydrogens (tertiary/aromatic N) is 3. The fourth-order valence-corrected chi connectivity index (χ4v) is 2.60. The number of hydrogen-bond donors (Lipinski definition) is 0. The van der Waals surface area contributed by atoms with Crippen molar-refractivity contribution in [1.29, 1.82) is 0 Å². The molecule has 2 aromatic carbocycles. The van der Waals surface area contributed by atoms with Crippen molar-refractivity contribution in [1.82, 2.24) is 5.01 Å². The molecule has 1 aliphatic rings. The molecule has 20 heavy (non-hydrogen) atoms. The van der Waals surface area contributed by atoms with E-state index in [1.807, 2.05) is 6.07 Å². The summed E-state index contributed by atoms with van der Waals surface area (Å²) in [4.78, 5) is 0. The molecule has 1 atom stereocenters. The normalized spacial score (nSPS) is 19.2. The van der Waals surface area contributed by atoms with Crippen molar-refractivity contribution in [3.05, 3.63) is 60.2 Å². The van der Waals surface area contributed by atoms with Gasteiger partial charge in [0.2, 0.25) is 0 Å².